The molecule has 0 saturated carbocycles. The first kappa shape index (κ1) is 16.2. The van der Waals surface area contributed by atoms with Crippen LogP contribution < -0.4 is 0 Å². The van der Waals surface area contributed by atoms with Gasteiger partial charge in [-0.3, -0.25) is 14.3 Å². The lowest BCUT2D eigenvalue weighted by Gasteiger charge is -2.17. The molecule has 1 amide bonds. The van der Waals surface area contributed by atoms with Gasteiger partial charge in [-0.2, -0.15) is 5.10 Å². The van der Waals surface area contributed by atoms with Gasteiger partial charge in [0.05, 0.1) is 5.69 Å². The smallest absolute Gasteiger partial charge is 0.323 e. The molecule has 0 unspecified atom stereocenters. The van der Waals surface area contributed by atoms with Crippen molar-refractivity contribution in [3.63, 3.8) is 0 Å². The molecule has 0 saturated heterocycles. The van der Waals surface area contributed by atoms with E-state index >= 15 is 0 Å². The number of carbonyl (C=O) groups is 2. The zero-order valence-corrected chi connectivity index (χ0v) is 12.5. The van der Waals surface area contributed by atoms with E-state index in [1.165, 1.54) is 15.7 Å². The van der Waals surface area contributed by atoms with Crippen molar-refractivity contribution < 1.29 is 14.7 Å². The highest BCUT2D eigenvalue weighted by atomic mass is 35.5. The van der Waals surface area contributed by atoms with Crippen molar-refractivity contribution in [1.82, 2.24) is 14.7 Å². The maximum Gasteiger partial charge on any atom is 0.323 e. The Morgan fingerprint density at radius 3 is 2.60 bits per heavy atom. The quantitative estimate of drug-likeness (QED) is 0.812. The summed E-state index contributed by atoms with van der Waals surface area (Å²) in [5.74, 6) is -1.38. The number of aryl methyl sites for hydroxylation is 2. The number of nitrogens with zero attached hydrogens (tertiary/aromatic N) is 3. The lowest BCUT2D eigenvalue weighted by atomic mass is 10.2. The lowest BCUT2D eigenvalue weighted by Crippen LogP contribution is -2.35. The number of hydrogen-bond acceptors (Lipinski definition) is 3. The second-order valence-electron chi connectivity index (χ2n) is 4.40. The van der Waals surface area contributed by atoms with E-state index in [1.54, 1.807) is 20.0 Å². The molecule has 110 valence electrons. The van der Waals surface area contributed by atoms with Crippen LogP contribution in [0.15, 0.2) is 6.08 Å². The van der Waals surface area contributed by atoms with Crippen molar-refractivity contribution in [2.45, 2.75) is 20.3 Å². The SMILES string of the molecule is CCCN(CC(=O)O)C(=O)/C=C/c1c(C)nn(C)c1Cl. The molecular formula is C13H18ClN3O3. The van der Waals surface area contributed by atoms with Crippen LogP contribution in [0.1, 0.15) is 24.6 Å². The molecule has 0 aliphatic heterocycles. The molecular weight excluding hydrogens is 282 g/mol. The van der Waals surface area contributed by atoms with E-state index < -0.39 is 5.97 Å². The summed E-state index contributed by atoms with van der Waals surface area (Å²) < 4.78 is 1.52. The van der Waals surface area contributed by atoms with Crippen LogP contribution in [0.5, 0.6) is 0 Å². The monoisotopic (exact) mass is 299 g/mol. The van der Waals surface area contributed by atoms with Gasteiger partial charge < -0.3 is 10.0 Å². The first-order chi connectivity index (χ1) is 9.36. The molecule has 0 spiro atoms. The predicted molar refractivity (Wildman–Crippen MR) is 76.5 cm³/mol. The van der Waals surface area contributed by atoms with Crippen molar-refractivity contribution in [2.24, 2.45) is 7.05 Å². The number of carboxylic acid groups (broad SMARTS) is 1. The van der Waals surface area contributed by atoms with Gasteiger partial charge in [-0.1, -0.05) is 18.5 Å². The van der Waals surface area contributed by atoms with Crippen molar-refractivity contribution in [1.29, 1.82) is 0 Å². The topological polar surface area (TPSA) is 75.4 Å². The molecule has 7 heteroatoms. The van der Waals surface area contributed by atoms with Crippen LogP contribution in [0.2, 0.25) is 5.15 Å². The third-order valence-corrected chi connectivity index (χ3v) is 3.17. The second kappa shape index (κ2) is 7.09. The van der Waals surface area contributed by atoms with Gasteiger partial charge in [0.2, 0.25) is 5.91 Å². The summed E-state index contributed by atoms with van der Waals surface area (Å²) in [7, 11) is 1.71. The Labute approximate surface area is 122 Å². The Morgan fingerprint density at radius 2 is 2.15 bits per heavy atom. The van der Waals surface area contributed by atoms with E-state index in [-0.39, 0.29) is 12.5 Å². The van der Waals surface area contributed by atoms with Crippen LogP contribution in [0.3, 0.4) is 0 Å². The molecule has 0 aliphatic carbocycles. The fraction of sp³-hybridized carbons (Fsp3) is 0.462. The van der Waals surface area contributed by atoms with E-state index in [0.29, 0.717) is 29.4 Å². The Hall–Kier alpha value is -1.82. The average molecular weight is 300 g/mol. The third-order valence-electron chi connectivity index (χ3n) is 2.72. The van der Waals surface area contributed by atoms with Crippen molar-refractivity contribution in [3.05, 3.63) is 22.5 Å². The summed E-state index contributed by atoms with van der Waals surface area (Å²) >= 11 is 6.05. The van der Waals surface area contributed by atoms with Gasteiger partial charge in [-0.15, -0.1) is 0 Å². The van der Waals surface area contributed by atoms with Crippen LogP contribution >= 0.6 is 11.6 Å². The molecule has 1 rings (SSSR count). The van der Waals surface area contributed by atoms with E-state index in [1.807, 2.05) is 6.92 Å². The first-order valence-corrected chi connectivity index (χ1v) is 6.62. The number of carboxylic acids is 1. The zero-order valence-electron chi connectivity index (χ0n) is 11.8. The van der Waals surface area contributed by atoms with Crippen LogP contribution in [0.25, 0.3) is 6.08 Å². The number of amides is 1. The van der Waals surface area contributed by atoms with Crippen LogP contribution in [0, 0.1) is 6.92 Å². The molecule has 1 N–H and O–H groups in total. The number of rotatable bonds is 6. The Kier molecular flexibility index (Phi) is 5.76. The highest BCUT2D eigenvalue weighted by molar-refractivity contribution is 6.31. The Balaban J connectivity index is 2.86. The van der Waals surface area contributed by atoms with Gasteiger partial charge in [0, 0.05) is 25.2 Å². The van der Waals surface area contributed by atoms with Crippen molar-refractivity contribution >= 4 is 29.6 Å². The fourth-order valence-electron chi connectivity index (χ4n) is 1.80. The molecule has 20 heavy (non-hydrogen) atoms. The first-order valence-electron chi connectivity index (χ1n) is 6.24. The van der Waals surface area contributed by atoms with E-state index in [9.17, 15) is 9.59 Å². The minimum atomic E-state index is -1.03. The minimum Gasteiger partial charge on any atom is -0.480 e. The molecule has 0 atom stereocenters. The summed E-state index contributed by atoms with van der Waals surface area (Å²) in [4.78, 5) is 24.0. The van der Waals surface area contributed by atoms with Crippen molar-refractivity contribution in [2.75, 3.05) is 13.1 Å². The second-order valence-corrected chi connectivity index (χ2v) is 4.76. The Bertz CT molecular complexity index is 537. The normalized spacial score (nSPS) is 11.0. The average Bonchev–Trinajstić information content (AvgIpc) is 2.60. The van der Waals surface area contributed by atoms with Crippen LogP contribution in [0.4, 0.5) is 0 Å². The number of halogens is 1. The molecule has 1 heterocycles. The molecule has 0 aliphatic rings. The van der Waals surface area contributed by atoms with Crippen LogP contribution in [-0.2, 0) is 16.6 Å². The highest BCUT2D eigenvalue weighted by Crippen LogP contribution is 2.20. The summed E-state index contributed by atoms with van der Waals surface area (Å²) in [6, 6.07) is 0. The summed E-state index contributed by atoms with van der Waals surface area (Å²) in [5, 5.41) is 13.4. The molecule has 0 bridgehead atoms. The highest BCUT2D eigenvalue weighted by Gasteiger charge is 2.14. The van der Waals surface area contributed by atoms with Gasteiger partial charge in [-0.25, -0.2) is 0 Å². The fourth-order valence-corrected chi connectivity index (χ4v) is 2.03. The number of aliphatic carboxylic acids is 1. The predicted octanol–water partition coefficient (Wildman–Crippen LogP) is 1.72. The summed E-state index contributed by atoms with van der Waals surface area (Å²) in [6.07, 6.45) is 3.59. The largest absolute Gasteiger partial charge is 0.480 e. The van der Waals surface area contributed by atoms with Gasteiger partial charge in [0.1, 0.15) is 11.7 Å². The standard InChI is InChI=1S/C13H18ClN3O3/c1-4-7-17(8-12(19)20)11(18)6-5-10-9(2)15-16(3)13(10)14/h5-6H,4,7-8H2,1-3H3,(H,19,20)/b6-5+. The molecule has 6 nitrogen and oxygen atoms in total. The van der Waals surface area contributed by atoms with Gasteiger partial charge in [-0.05, 0) is 19.4 Å². The molecule has 0 radical (unpaired) electrons. The van der Waals surface area contributed by atoms with Gasteiger partial charge in [0.25, 0.3) is 0 Å². The van der Waals surface area contributed by atoms with Crippen LogP contribution in [-0.4, -0.2) is 44.8 Å². The number of aromatic nitrogens is 2. The van der Waals surface area contributed by atoms with Gasteiger partial charge >= 0.3 is 5.97 Å². The van der Waals surface area contributed by atoms with E-state index in [0.717, 1.165) is 0 Å². The number of hydrogen-bond donors (Lipinski definition) is 1. The number of carbonyl (C=O) groups excluding carboxylic acids is 1. The van der Waals surface area contributed by atoms with E-state index in [4.69, 9.17) is 16.7 Å². The summed E-state index contributed by atoms with van der Waals surface area (Å²) in [5.41, 5.74) is 1.37. The zero-order chi connectivity index (χ0) is 15.3. The third kappa shape index (κ3) is 4.09. The maximum absolute atomic E-state index is 12.0. The molecule has 1 aromatic heterocycles. The molecule has 1 aromatic rings. The molecule has 0 aromatic carbocycles. The maximum atomic E-state index is 12.0. The molecule has 0 fully saturated rings. The van der Waals surface area contributed by atoms with E-state index in [2.05, 4.69) is 5.10 Å². The Morgan fingerprint density at radius 1 is 1.50 bits per heavy atom. The lowest BCUT2D eigenvalue weighted by molar-refractivity contribution is -0.142. The summed E-state index contributed by atoms with van der Waals surface area (Å²) in [6.45, 7) is 3.76. The minimum absolute atomic E-state index is 0.309. The van der Waals surface area contributed by atoms with Gasteiger partial charge in [0.15, 0.2) is 0 Å². The van der Waals surface area contributed by atoms with Crippen molar-refractivity contribution in [3.8, 4) is 0 Å².